The van der Waals surface area contributed by atoms with Gasteiger partial charge < -0.3 is 5.11 Å². The monoisotopic (exact) mass is 299 g/mol. The van der Waals surface area contributed by atoms with Crippen LogP contribution < -0.4 is 5.32 Å². The topological polar surface area (TPSA) is 66.4 Å². The van der Waals surface area contributed by atoms with Crippen LogP contribution in [0.3, 0.4) is 0 Å². The second-order valence-electron chi connectivity index (χ2n) is 4.60. The molecule has 0 unspecified atom stereocenters. The van der Waals surface area contributed by atoms with Gasteiger partial charge in [0.2, 0.25) is 0 Å². The van der Waals surface area contributed by atoms with E-state index in [0.29, 0.717) is 22.3 Å². The highest BCUT2D eigenvalue weighted by atomic mass is 35.5. The Morgan fingerprint density at radius 3 is 2.43 bits per heavy atom. The van der Waals surface area contributed by atoms with Gasteiger partial charge in [-0.1, -0.05) is 35.9 Å². The Balaban J connectivity index is 2.14. The molecule has 4 nitrogen and oxygen atoms in total. The molecular formula is C16H10ClNO3. The molecule has 2 aromatic carbocycles. The van der Waals surface area contributed by atoms with Crippen LogP contribution in [0.2, 0.25) is 5.02 Å². The predicted octanol–water partition coefficient (Wildman–Crippen LogP) is 2.86. The van der Waals surface area contributed by atoms with Crippen molar-refractivity contribution in [1.29, 1.82) is 0 Å². The van der Waals surface area contributed by atoms with Crippen LogP contribution >= 0.6 is 11.6 Å². The molecular weight excluding hydrogens is 290 g/mol. The molecule has 0 bridgehead atoms. The third-order valence-electron chi connectivity index (χ3n) is 3.22. The Morgan fingerprint density at radius 1 is 1.00 bits per heavy atom. The van der Waals surface area contributed by atoms with Crippen LogP contribution in [-0.2, 0) is 4.79 Å². The van der Waals surface area contributed by atoms with Crippen LogP contribution in [0.1, 0.15) is 21.5 Å². The van der Waals surface area contributed by atoms with E-state index < -0.39 is 11.8 Å². The molecule has 1 aliphatic heterocycles. The van der Waals surface area contributed by atoms with E-state index in [1.165, 1.54) is 6.07 Å². The Bertz CT molecular complexity index is 796. The minimum absolute atomic E-state index is 0.0255. The fourth-order valence-electron chi connectivity index (χ4n) is 2.20. The first-order chi connectivity index (χ1) is 10.1. The van der Waals surface area contributed by atoms with Gasteiger partial charge in [-0.05, 0) is 35.4 Å². The second kappa shape index (κ2) is 5.07. The summed E-state index contributed by atoms with van der Waals surface area (Å²) in [6.07, 6.45) is 1.63. The van der Waals surface area contributed by atoms with E-state index in [2.05, 4.69) is 5.32 Å². The first-order valence-corrected chi connectivity index (χ1v) is 6.59. The van der Waals surface area contributed by atoms with Gasteiger partial charge in [0.1, 0.15) is 5.75 Å². The number of phenolic OH excluding ortho intramolecular Hbond substituents is 1. The average molecular weight is 300 g/mol. The summed E-state index contributed by atoms with van der Waals surface area (Å²) in [5, 5.41) is 11.9. The third kappa shape index (κ3) is 2.41. The lowest BCUT2D eigenvalue weighted by atomic mass is 9.93. The summed E-state index contributed by atoms with van der Waals surface area (Å²) in [5.41, 5.74) is 2.07. The van der Waals surface area contributed by atoms with Crippen LogP contribution in [0.4, 0.5) is 0 Å². The van der Waals surface area contributed by atoms with Gasteiger partial charge in [0.25, 0.3) is 11.8 Å². The van der Waals surface area contributed by atoms with E-state index in [-0.39, 0.29) is 10.8 Å². The predicted molar refractivity (Wildman–Crippen MR) is 79.9 cm³/mol. The SMILES string of the molecule is O=C1NC(=O)c2ccccc2C1=Cc1ccc(O)c(Cl)c1. The first kappa shape index (κ1) is 13.4. The maximum absolute atomic E-state index is 12.0. The molecule has 2 amide bonds. The standard InChI is InChI=1S/C16H10ClNO3/c17-13-8-9(5-6-14(13)19)7-12-10-3-1-2-4-11(10)15(20)18-16(12)21/h1-8,19H,(H,18,20,21). The smallest absolute Gasteiger partial charge is 0.258 e. The van der Waals surface area contributed by atoms with Gasteiger partial charge in [-0.15, -0.1) is 0 Å². The number of aromatic hydroxyl groups is 1. The molecule has 0 saturated carbocycles. The number of hydrogen-bond acceptors (Lipinski definition) is 3. The fraction of sp³-hybridized carbons (Fsp3) is 0. The van der Waals surface area contributed by atoms with Crippen LogP contribution in [0.25, 0.3) is 11.6 Å². The van der Waals surface area contributed by atoms with Gasteiger partial charge in [-0.25, -0.2) is 0 Å². The zero-order valence-corrected chi connectivity index (χ0v) is 11.5. The Labute approximate surface area is 125 Å². The quantitative estimate of drug-likeness (QED) is 0.628. The van der Waals surface area contributed by atoms with Gasteiger partial charge in [-0.3, -0.25) is 14.9 Å². The van der Waals surface area contributed by atoms with Gasteiger partial charge in [0, 0.05) is 11.1 Å². The van der Waals surface area contributed by atoms with E-state index in [9.17, 15) is 14.7 Å². The van der Waals surface area contributed by atoms with Gasteiger partial charge in [-0.2, -0.15) is 0 Å². The molecule has 1 heterocycles. The Morgan fingerprint density at radius 2 is 1.71 bits per heavy atom. The summed E-state index contributed by atoms with van der Waals surface area (Å²) in [6, 6.07) is 11.5. The summed E-state index contributed by atoms with van der Waals surface area (Å²) >= 11 is 5.86. The molecule has 0 radical (unpaired) electrons. The molecule has 0 spiro atoms. The third-order valence-corrected chi connectivity index (χ3v) is 3.52. The summed E-state index contributed by atoms with van der Waals surface area (Å²) in [5.74, 6) is -0.887. The number of phenols is 1. The fourth-order valence-corrected chi connectivity index (χ4v) is 2.39. The molecule has 21 heavy (non-hydrogen) atoms. The van der Waals surface area contributed by atoms with E-state index in [0.717, 1.165) is 0 Å². The van der Waals surface area contributed by atoms with Crippen molar-refractivity contribution in [2.24, 2.45) is 0 Å². The van der Waals surface area contributed by atoms with Gasteiger partial charge in [0.05, 0.1) is 5.02 Å². The molecule has 2 aromatic rings. The number of carbonyl (C=O) groups is 2. The zero-order chi connectivity index (χ0) is 15.0. The highest BCUT2D eigenvalue weighted by Crippen LogP contribution is 2.29. The second-order valence-corrected chi connectivity index (χ2v) is 5.00. The Hall–Kier alpha value is -2.59. The molecule has 0 saturated heterocycles. The number of carbonyl (C=O) groups excluding carboxylic acids is 2. The largest absolute Gasteiger partial charge is 0.506 e. The van der Waals surface area contributed by atoms with E-state index >= 15 is 0 Å². The van der Waals surface area contributed by atoms with E-state index in [1.807, 2.05) is 0 Å². The Kier molecular flexibility index (Phi) is 3.23. The average Bonchev–Trinajstić information content (AvgIpc) is 2.47. The zero-order valence-electron chi connectivity index (χ0n) is 10.8. The van der Waals surface area contributed by atoms with Crippen molar-refractivity contribution in [3.63, 3.8) is 0 Å². The maximum atomic E-state index is 12.0. The van der Waals surface area contributed by atoms with Crippen molar-refractivity contribution in [2.45, 2.75) is 0 Å². The summed E-state index contributed by atoms with van der Waals surface area (Å²) in [6.45, 7) is 0. The normalized spacial score (nSPS) is 15.8. The number of fused-ring (bicyclic) bond motifs is 1. The number of amides is 2. The molecule has 3 rings (SSSR count). The van der Waals surface area contributed by atoms with Crippen molar-refractivity contribution in [2.75, 3.05) is 0 Å². The number of nitrogens with one attached hydrogen (secondary N) is 1. The van der Waals surface area contributed by atoms with E-state index in [4.69, 9.17) is 11.6 Å². The van der Waals surface area contributed by atoms with Gasteiger partial charge >= 0.3 is 0 Å². The molecule has 1 aliphatic rings. The van der Waals surface area contributed by atoms with Crippen molar-refractivity contribution < 1.29 is 14.7 Å². The molecule has 2 N–H and O–H groups in total. The lowest BCUT2D eigenvalue weighted by molar-refractivity contribution is -0.114. The summed E-state index contributed by atoms with van der Waals surface area (Å²) in [4.78, 5) is 23.8. The minimum Gasteiger partial charge on any atom is -0.506 e. The number of rotatable bonds is 1. The lowest BCUT2D eigenvalue weighted by Gasteiger charge is -2.18. The molecule has 0 aromatic heterocycles. The van der Waals surface area contributed by atoms with Crippen LogP contribution in [0, 0.1) is 0 Å². The highest BCUT2D eigenvalue weighted by molar-refractivity contribution is 6.34. The number of benzene rings is 2. The molecule has 104 valence electrons. The number of halogens is 1. The van der Waals surface area contributed by atoms with Crippen LogP contribution in [0.15, 0.2) is 42.5 Å². The van der Waals surface area contributed by atoms with Crippen molar-refractivity contribution in [3.05, 3.63) is 64.2 Å². The molecule has 5 heteroatoms. The number of imide groups is 1. The molecule has 0 aliphatic carbocycles. The van der Waals surface area contributed by atoms with Crippen molar-refractivity contribution >= 4 is 35.1 Å². The first-order valence-electron chi connectivity index (χ1n) is 6.21. The van der Waals surface area contributed by atoms with Crippen molar-refractivity contribution in [3.8, 4) is 5.75 Å². The van der Waals surface area contributed by atoms with E-state index in [1.54, 1.807) is 42.5 Å². The van der Waals surface area contributed by atoms with Crippen molar-refractivity contribution in [1.82, 2.24) is 5.32 Å². The van der Waals surface area contributed by atoms with Gasteiger partial charge in [0.15, 0.2) is 0 Å². The minimum atomic E-state index is -0.456. The summed E-state index contributed by atoms with van der Waals surface area (Å²) in [7, 11) is 0. The molecule has 0 atom stereocenters. The molecule has 0 fully saturated rings. The highest BCUT2D eigenvalue weighted by Gasteiger charge is 2.26. The maximum Gasteiger partial charge on any atom is 0.258 e. The van der Waals surface area contributed by atoms with Crippen LogP contribution in [0.5, 0.6) is 5.75 Å². The van der Waals surface area contributed by atoms with Crippen LogP contribution in [-0.4, -0.2) is 16.9 Å². The summed E-state index contributed by atoms with van der Waals surface area (Å²) < 4.78 is 0. The lowest BCUT2D eigenvalue weighted by Crippen LogP contribution is -2.36. The number of hydrogen-bond donors (Lipinski definition) is 2.